The van der Waals surface area contributed by atoms with Crippen molar-refractivity contribution < 1.29 is 14.8 Å². The van der Waals surface area contributed by atoms with Gasteiger partial charge in [0.1, 0.15) is 0 Å². The second kappa shape index (κ2) is 6.00. The maximum absolute atomic E-state index is 12.2. The Bertz CT molecular complexity index is 492. The zero-order chi connectivity index (χ0) is 14.6. The minimum atomic E-state index is -0.545. The van der Waals surface area contributed by atoms with Crippen LogP contribution in [0.25, 0.3) is 0 Å². The van der Waals surface area contributed by atoms with Crippen LogP contribution in [0.15, 0.2) is 24.3 Å². The van der Waals surface area contributed by atoms with Crippen molar-refractivity contribution in [1.82, 2.24) is 5.32 Å². The molecule has 0 spiro atoms. The summed E-state index contributed by atoms with van der Waals surface area (Å²) in [6, 6.07) is 5.48. The third-order valence-electron chi connectivity index (χ3n) is 3.83. The van der Waals surface area contributed by atoms with Crippen molar-refractivity contribution in [1.29, 1.82) is 0 Å². The SMILES string of the molecule is O=C(NC1(CO)CCCCC1)c1ccc([N+](=O)[O-])cc1. The van der Waals surface area contributed by atoms with E-state index in [1.807, 2.05) is 0 Å². The predicted octanol–water partition coefficient (Wildman–Crippen LogP) is 2.02. The van der Waals surface area contributed by atoms with Crippen molar-refractivity contribution in [3.05, 3.63) is 39.9 Å². The lowest BCUT2D eigenvalue weighted by Crippen LogP contribution is -2.52. The van der Waals surface area contributed by atoms with E-state index < -0.39 is 10.5 Å². The summed E-state index contributed by atoms with van der Waals surface area (Å²) in [4.78, 5) is 22.2. The minimum Gasteiger partial charge on any atom is -0.394 e. The van der Waals surface area contributed by atoms with Crippen molar-refractivity contribution in [2.45, 2.75) is 37.6 Å². The summed E-state index contributed by atoms with van der Waals surface area (Å²) in [6.07, 6.45) is 4.63. The second-order valence-corrected chi connectivity index (χ2v) is 5.26. The van der Waals surface area contributed by atoms with E-state index in [9.17, 15) is 20.0 Å². The fourth-order valence-corrected chi connectivity index (χ4v) is 2.60. The monoisotopic (exact) mass is 278 g/mol. The molecule has 1 aromatic carbocycles. The highest BCUT2D eigenvalue weighted by atomic mass is 16.6. The van der Waals surface area contributed by atoms with Crippen LogP contribution in [-0.4, -0.2) is 28.1 Å². The molecule has 0 heterocycles. The minimum absolute atomic E-state index is 0.0453. The number of benzene rings is 1. The highest BCUT2D eigenvalue weighted by Gasteiger charge is 2.33. The Kier molecular flexibility index (Phi) is 4.34. The number of non-ortho nitro benzene ring substituents is 1. The summed E-state index contributed by atoms with van der Waals surface area (Å²) in [5.41, 5.74) is -0.220. The average Bonchev–Trinajstić information content (AvgIpc) is 2.48. The van der Waals surface area contributed by atoms with Gasteiger partial charge in [-0.05, 0) is 25.0 Å². The Hall–Kier alpha value is -1.95. The summed E-state index contributed by atoms with van der Waals surface area (Å²) < 4.78 is 0. The molecule has 1 aliphatic rings. The molecule has 2 N–H and O–H groups in total. The van der Waals surface area contributed by atoms with Gasteiger partial charge in [-0.3, -0.25) is 14.9 Å². The second-order valence-electron chi connectivity index (χ2n) is 5.26. The van der Waals surface area contributed by atoms with Crippen LogP contribution >= 0.6 is 0 Å². The molecule has 2 rings (SSSR count). The summed E-state index contributed by atoms with van der Waals surface area (Å²) in [5.74, 6) is -0.296. The molecule has 1 aromatic rings. The molecule has 1 aliphatic carbocycles. The highest BCUT2D eigenvalue weighted by molar-refractivity contribution is 5.94. The number of aliphatic hydroxyl groups is 1. The van der Waals surface area contributed by atoms with E-state index in [0.29, 0.717) is 5.56 Å². The van der Waals surface area contributed by atoms with Crippen LogP contribution in [0.1, 0.15) is 42.5 Å². The quantitative estimate of drug-likeness (QED) is 0.651. The van der Waals surface area contributed by atoms with E-state index in [1.165, 1.54) is 24.3 Å². The normalized spacial score (nSPS) is 17.4. The third kappa shape index (κ3) is 3.14. The van der Waals surface area contributed by atoms with Crippen molar-refractivity contribution >= 4 is 11.6 Å². The van der Waals surface area contributed by atoms with E-state index in [1.54, 1.807) is 0 Å². The van der Waals surface area contributed by atoms with Crippen LogP contribution in [-0.2, 0) is 0 Å². The third-order valence-corrected chi connectivity index (χ3v) is 3.83. The number of nitrogens with one attached hydrogen (secondary N) is 1. The number of carbonyl (C=O) groups is 1. The Labute approximate surface area is 117 Å². The largest absolute Gasteiger partial charge is 0.394 e. The summed E-state index contributed by atoms with van der Waals surface area (Å²) in [5, 5.41) is 23.0. The van der Waals surface area contributed by atoms with Crippen LogP contribution in [0.5, 0.6) is 0 Å². The molecule has 6 nitrogen and oxygen atoms in total. The van der Waals surface area contributed by atoms with Crippen LogP contribution in [0.3, 0.4) is 0 Å². The number of rotatable bonds is 4. The number of hydrogen-bond acceptors (Lipinski definition) is 4. The zero-order valence-corrected chi connectivity index (χ0v) is 11.2. The van der Waals surface area contributed by atoms with E-state index >= 15 is 0 Å². The fourth-order valence-electron chi connectivity index (χ4n) is 2.60. The van der Waals surface area contributed by atoms with Gasteiger partial charge < -0.3 is 10.4 Å². The van der Waals surface area contributed by atoms with Gasteiger partial charge in [-0.25, -0.2) is 0 Å². The van der Waals surface area contributed by atoms with Gasteiger partial charge in [-0.1, -0.05) is 19.3 Å². The van der Waals surface area contributed by atoms with Crippen molar-refractivity contribution in [3.63, 3.8) is 0 Å². The molecule has 0 atom stereocenters. The predicted molar refractivity (Wildman–Crippen MR) is 73.5 cm³/mol. The van der Waals surface area contributed by atoms with Crippen LogP contribution in [0.2, 0.25) is 0 Å². The van der Waals surface area contributed by atoms with Crippen molar-refractivity contribution in [2.75, 3.05) is 6.61 Å². The number of hydrogen-bond donors (Lipinski definition) is 2. The molecule has 0 aromatic heterocycles. The molecule has 0 radical (unpaired) electrons. The Balaban J connectivity index is 2.08. The first-order chi connectivity index (χ1) is 9.56. The Morgan fingerprint density at radius 3 is 2.35 bits per heavy atom. The molecular weight excluding hydrogens is 260 g/mol. The van der Waals surface area contributed by atoms with Gasteiger partial charge in [0, 0.05) is 17.7 Å². The van der Waals surface area contributed by atoms with Gasteiger partial charge >= 0.3 is 0 Å². The van der Waals surface area contributed by atoms with Gasteiger partial charge in [-0.15, -0.1) is 0 Å². The maximum atomic E-state index is 12.2. The number of amides is 1. The summed E-state index contributed by atoms with van der Waals surface area (Å²) in [7, 11) is 0. The van der Waals surface area contributed by atoms with Gasteiger partial charge in [-0.2, -0.15) is 0 Å². The van der Waals surface area contributed by atoms with Gasteiger partial charge in [0.25, 0.3) is 11.6 Å². The Morgan fingerprint density at radius 2 is 1.85 bits per heavy atom. The maximum Gasteiger partial charge on any atom is 0.269 e. The molecule has 0 saturated heterocycles. The first kappa shape index (κ1) is 14.5. The number of nitro benzene ring substituents is 1. The molecular formula is C14H18N2O4. The lowest BCUT2D eigenvalue weighted by molar-refractivity contribution is -0.384. The highest BCUT2D eigenvalue weighted by Crippen LogP contribution is 2.28. The standard InChI is InChI=1S/C14H18N2O4/c17-10-14(8-2-1-3-9-14)15-13(18)11-4-6-12(7-5-11)16(19)20/h4-7,17H,1-3,8-10H2,(H,15,18). The summed E-state index contributed by atoms with van der Waals surface area (Å²) in [6.45, 7) is -0.0777. The van der Waals surface area contributed by atoms with Crippen LogP contribution in [0.4, 0.5) is 5.69 Å². The van der Waals surface area contributed by atoms with Crippen molar-refractivity contribution in [3.8, 4) is 0 Å². The van der Waals surface area contributed by atoms with E-state index in [0.717, 1.165) is 32.1 Å². The molecule has 1 saturated carbocycles. The molecule has 0 aliphatic heterocycles. The molecule has 1 fully saturated rings. The first-order valence-corrected chi connectivity index (χ1v) is 6.74. The molecule has 0 bridgehead atoms. The topological polar surface area (TPSA) is 92.5 Å². The number of nitrogens with zero attached hydrogens (tertiary/aromatic N) is 1. The number of aliphatic hydroxyl groups excluding tert-OH is 1. The average molecular weight is 278 g/mol. The van der Waals surface area contributed by atoms with E-state index in [2.05, 4.69) is 5.32 Å². The van der Waals surface area contributed by atoms with Gasteiger partial charge in [0.2, 0.25) is 0 Å². The lowest BCUT2D eigenvalue weighted by Gasteiger charge is -2.36. The van der Waals surface area contributed by atoms with Gasteiger partial charge in [0.05, 0.1) is 17.1 Å². The molecule has 20 heavy (non-hydrogen) atoms. The lowest BCUT2D eigenvalue weighted by atomic mass is 9.82. The number of carbonyl (C=O) groups excluding carboxylic acids is 1. The zero-order valence-electron chi connectivity index (χ0n) is 11.2. The van der Waals surface area contributed by atoms with E-state index in [-0.39, 0.29) is 18.2 Å². The summed E-state index contributed by atoms with van der Waals surface area (Å²) >= 11 is 0. The molecule has 0 unspecified atom stereocenters. The van der Waals surface area contributed by atoms with Crippen molar-refractivity contribution in [2.24, 2.45) is 0 Å². The molecule has 1 amide bonds. The van der Waals surface area contributed by atoms with Crippen LogP contribution in [0, 0.1) is 10.1 Å². The fraction of sp³-hybridized carbons (Fsp3) is 0.500. The smallest absolute Gasteiger partial charge is 0.269 e. The molecule has 6 heteroatoms. The molecule has 108 valence electrons. The number of nitro groups is 1. The van der Waals surface area contributed by atoms with E-state index in [4.69, 9.17) is 0 Å². The first-order valence-electron chi connectivity index (χ1n) is 6.74. The van der Waals surface area contributed by atoms with Gasteiger partial charge in [0.15, 0.2) is 0 Å². The van der Waals surface area contributed by atoms with Crippen LogP contribution < -0.4 is 5.32 Å². The Morgan fingerprint density at radius 1 is 1.25 bits per heavy atom.